The largest absolute Gasteiger partial charge is 0.495 e. The average Bonchev–Trinajstić information content (AvgIpc) is 2.65. The second-order valence-electron chi connectivity index (χ2n) is 5.82. The Balaban J connectivity index is 1.87. The molecule has 0 unspecified atom stereocenters. The van der Waals surface area contributed by atoms with E-state index < -0.39 is 10.0 Å². The predicted molar refractivity (Wildman–Crippen MR) is 106 cm³/mol. The monoisotopic (exact) mass is 406 g/mol. The third kappa shape index (κ3) is 5.69. The smallest absolute Gasteiger partial charge is 0.251 e. The third-order valence-electron chi connectivity index (χ3n) is 3.68. The van der Waals surface area contributed by atoms with Gasteiger partial charge in [-0.15, -0.1) is 0 Å². The van der Waals surface area contributed by atoms with Crippen molar-refractivity contribution in [1.82, 2.24) is 10.0 Å². The Morgan fingerprint density at radius 1 is 1.07 bits per heavy atom. The maximum atomic E-state index is 12.3. The Hall–Kier alpha value is -3.11. The quantitative estimate of drug-likeness (QED) is 0.380. The molecule has 0 aliphatic carbocycles. The summed E-state index contributed by atoms with van der Waals surface area (Å²) in [4.78, 5) is 23.1. The van der Waals surface area contributed by atoms with Crippen molar-refractivity contribution >= 4 is 33.2 Å². The second-order valence-corrected chi connectivity index (χ2v) is 7.58. The molecule has 10 heteroatoms. The summed E-state index contributed by atoms with van der Waals surface area (Å²) in [5, 5.41) is 5.17. The minimum atomic E-state index is -3.73. The first-order chi connectivity index (χ1) is 13.2. The maximum absolute atomic E-state index is 12.3. The number of carbonyl (C=O) groups excluding carboxylic acids is 2. The number of carbonyl (C=O) groups is 2. The minimum absolute atomic E-state index is 0.00710. The lowest BCUT2D eigenvalue weighted by molar-refractivity contribution is -0.114. The molecule has 5 N–H and O–H groups in total. The fourth-order valence-corrected chi connectivity index (χ4v) is 3.37. The number of nitrogen functional groups attached to an aromatic ring is 1. The molecule has 0 aromatic heterocycles. The van der Waals surface area contributed by atoms with E-state index in [1.807, 2.05) is 0 Å². The van der Waals surface area contributed by atoms with Gasteiger partial charge in [0.05, 0.1) is 17.7 Å². The molecule has 0 spiro atoms. The Labute approximate surface area is 163 Å². The van der Waals surface area contributed by atoms with Gasteiger partial charge < -0.3 is 21.1 Å². The van der Waals surface area contributed by atoms with Crippen molar-refractivity contribution in [1.29, 1.82) is 0 Å². The van der Waals surface area contributed by atoms with Gasteiger partial charge in [-0.2, -0.15) is 0 Å². The van der Waals surface area contributed by atoms with Crippen LogP contribution in [-0.4, -0.2) is 40.4 Å². The lowest BCUT2D eigenvalue weighted by atomic mass is 10.2. The molecule has 150 valence electrons. The van der Waals surface area contributed by atoms with Crippen LogP contribution in [0.1, 0.15) is 17.3 Å². The first-order valence-corrected chi connectivity index (χ1v) is 9.80. The van der Waals surface area contributed by atoms with Gasteiger partial charge in [-0.25, -0.2) is 13.1 Å². The Bertz CT molecular complexity index is 958. The van der Waals surface area contributed by atoms with Crippen LogP contribution < -0.4 is 25.8 Å². The Kier molecular flexibility index (Phi) is 6.96. The molecule has 28 heavy (non-hydrogen) atoms. The highest BCUT2D eigenvalue weighted by molar-refractivity contribution is 7.89. The van der Waals surface area contributed by atoms with Crippen LogP contribution in [0.3, 0.4) is 0 Å². The highest BCUT2D eigenvalue weighted by Gasteiger charge is 2.14. The van der Waals surface area contributed by atoms with Gasteiger partial charge in [0.25, 0.3) is 5.91 Å². The van der Waals surface area contributed by atoms with Crippen molar-refractivity contribution in [3.63, 3.8) is 0 Å². The molecule has 0 aliphatic rings. The van der Waals surface area contributed by atoms with E-state index in [0.717, 1.165) is 0 Å². The molecular weight excluding hydrogens is 384 g/mol. The predicted octanol–water partition coefficient (Wildman–Crippen LogP) is 0.944. The summed E-state index contributed by atoms with van der Waals surface area (Å²) in [6, 6.07) is 10.4. The van der Waals surface area contributed by atoms with Gasteiger partial charge in [0.1, 0.15) is 5.75 Å². The first-order valence-electron chi connectivity index (χ1n) is 8.32. The number of amides is 2. The molecule has 0 saturated carbocycles. The Morgan fingerprint density at radius 3 is 2.32 bits per heavy atom. The molecule has 0 heterocycles. The number of anilines is 2. The van der Waals surface area contributed by atoms with Crippen molar-refractivity contribution in [2.75, 3.05) is 31.2 Å². The van der Waals surface area contributed by atoms with E-state index in [9.17, 15) is 18.0 Å². The number of hydrogen-bond acceptors (Lipinski definition) is 6. The van der Waals surface area contributed by atoms with E-state index in [4.69, 9.17) is 10.5 Å². The number of benzene rings is 2. The van der Waals surface area contributed by atoms with Gasteiger partial charge >= 0.3 is 0 Å². The fraction of sp³-hybridized carbons (Fsp3) is 0.222. The molecule has 2 amide bonds. The van der Waals surface area contributed by atoms with Gasteiger partial charge in [-0.3, -0.25) is 9.59 Å². The highest BCUT2D eigenvalue weighted by Crippen LogP contribution is 2.21. The van der Waals surface area contributed by atoms with E-state index in [1.165, 1.54) is 44.4 Å². The van der Waals surface area contributed by atoms with Crippen LogP contribution in [0.25, 0.3) is 0 Å². The minimum Gasteiger partial charge on any atom is -0.495 e. The summed E-state index contributed by atoms with van der Waals surface area (Å²) >= 11 is 0. The number of methoxy groups -OCH3 is 1. The zero-order valence-electron chi connectivity index (χ0n) is 15.5. The molecule has 0 aliphatic heterocycles. The van der Waals surface area contributed by atoms with Crippen molar-refractivity contribution in [2.24, 2.45) is 0 Å². The van der Waals surface area contributed by atoms with Crippen LogP contribution in [0.5, 0.6) is 5.75 Å². The molecule has 9 nitrogen and oxygen atoms in total. The number of nitrogens with one attached hydrogen (secondary N) is 3. The number of sulfonamides is 1. The van der Waals surface area contributed by atoms with Crippen LogP contribution in [0.2, 0.25) is 0 Å². The molecule has 0 bridgehead atoms. The van der Waals surface area contributed by atoms with Crippen molar-refractivity contribution in [2.45, 2.75) is 11.8 Å². The number of hydrogen-bond donors (Lipinski definition) is 4. The van der Waals surface area contributed by atoms with Crippen LogP contribution in [0.15, 0.2) is 47.4 Å². The molecule has 0 fully saturated rings. The number of ether oxygens (including phenoxy) is 1. The van der Waals surface area contributed by atoms with Crippen molar-refractivity contribution in [3.8, 4) is 5.75 Å². The summed E-state index contributed by atoms with van der Waals surface area (Å²) < 4.78 is 31.9. The highest BCUT2D eigenvalue weighted by atomic mass is 32.2. The SMILES string of the molecule is COc1ccc(C(=O)NCCNS(=O)(=O)c2ccc(NC(C)=O)cc2)cc1N. The van der Waals surface area contributed by atoms with Gasteiger partial charge in [-0.1, -0.05) is 0 Å². The van der Waals surface area contributed by atoms with Gasteiger partial charge in [0, 0.05) is 31.3 Å². The van der Waals surface area contributed by atoms with Crippen LogP contribution in [-0.2, 0) is 14.8 Å². The molecule has 0 saturated heterocycles. The Morgan fingerprint density at radius 2 is 1.75 bits per heavy atom. The number of nitrogens with two attached hydrogens (primary N) is 1. The average molecular weight is 406 g/mol. The molecule has 2 rings (SSSR count). The lowest BCUT2D eigenvalue weighted by Gasteiger charge is -2.10. The summed E-state index contributed by atoms with van der Waals surface area (Å²) in [6.45, 7) is 1.46. The summed E-state index contributed by atoms with van der Waals surface area (Å²) in [5.74, 6) is -0.162. The first kappa shape index (κ1) is 21.2. The van der Waals surface area contributed by atoms with E-state index in [1.54, 1.807) is 12.1 Å². The van der Waals surface area contributed by atoms with Crippen molar-refractivity contribution in [3.05, 3.63) is 48.0 Å². The molecule has 0 atom stereocenters. The van der Waals surface area contributed by atoms with E-state index in [-0.39, 0.29) is 29.8 Å². The zero-order valence-corrected chi connectivity index (χ0v) is 16.3. The standard InChI is InChI=1S/C18H22N4O5S/c1-12(23)22-14-4-6-15(7-5-14)28(25,26)21-10-9-20-18(24)13-3-8-17(27-2)16(19)11-13/h3-8,11,21H,9-10,19H2,1-2H3,(H,20,24)(H,22,23). The summed E-state index contributed by atoms with van der Waals surface area (Å²) in [6.07, 6.45) is 0. The van der Waals surface area contributed by atoms with Gasteiger partial charge in [-0.05, 0) is 42.5 Å². The van der Waals surface area contributed by atoms with Crippen LogP contribution >= 0.6 is 0 Å². The zero-order chi connectivity index (χ0) is 20.7. The van der Waals surface area contributed by atoms with Gasteiger partial charge in [0.2, 0.25) is 15.9 Å². The maximum Gasteiger partial charge on any atom is 0.251 e. The molecule has 2 aromatic carbocycles. The topological polar surface area (TPSA) is 140 Å². The van der Waals surface area contributed by atoms with Crippen LogP contribution in [0.4, 0.5) is 11.4 Å². The number of rotatable bonds is 8. The van der Waals surface area contributed by atoms with Crippen molar-refractivity contribution < 1.29 is 22.7 Å². The summed E-state index contributed by atoms with van der Waals surface area (Å²) in [5.41, 5.74) is 6.94. The normalized spacial score (nSPS) is 10.9. The lowest BCUT2D eigenvalue weighted by Crippen LogP contribution is -2.34. The molecule has 0 radical (unpaired) electrons. The van der Waals surface area contributed by atoms with E-state index >= 15 is 0 Å². The molecular formula is C18H22N4O5S. The summed E-state index contributed by atoms with van der Waals surface area (Å²) in [7, 11) is -2.26. The molecule has 2 aromatic rings. The van der Waals surface area contributed by atoms with Gasteiger partial charge in [0.15, 0.2) is 0 Å². The fourth-order valence-electron chi connectivity index (χ4n) is 2.34. The van der Waals surface area contributed by atoms with Crippen LogP contribution in [0, 0.1) is 0 Å². The third-order valence-corrected chi connectivity index (χ3v) is 5.16. The second kappa shape index (κ2) is 9.20. The van der Waals surface area contributed by atoms with E-state index in [0.29, 0.717) is 22.7 Å². The van der Waals surface area contributed by atoms with E-state index in [2.05, 4.69) is 15.4 Å².